The standard InChI is InChI=1S/C12H8Br2OS2/c1-16-8-4-2-7(3-5-8)11(15)10-6-9(13)12(14)17-10/h2-6H,1H3. The number of hydrogen-bond donors (Lipinski definition) is 0. The highest BCUT2D eigenvalue weighted by Crippen LogP contribution is 2.33. The van der Waals surface area contributed by atoms with Gasteiger partial charge in [0.25, 0.3) is 0 Å². The van der Waals surface area contributed by atoms with E-state index < -0.39 is 0 Å². The Bertz CT molecular complexity index is 527. The molecule has 0 atom stereocenters. The van der Waals surface area contributed by atoms with Gasteiger partial charge in [0, 0.05) is 14.9 Å². The Hall–Kier alpha value is -0.100. The molecule has 2 aromatic rings. The molecule has 0 radical (unpaired) electrons. The fourth-order valence-electron chi connectivity index (χ4n) is 1.34. The zero-order valence-electron chi connectivity index (χ0n) is 8.87. The van der Waals surface area contributed by atoms with Crippen LogP contribution in [0.3, 0.4) is 0 Å². The van der Waals surface area contributed by atoms with Gasteiger partial charge in [0.1, 0.15) is 0 Å². The third-order valence-electron chi connectivity index (χ3n) is 2.22. The minimum Gasteiger partial charge on any atom is -0.288 e. The molecule has 0 amide bonds. The molecule has 0 spiro atoms. The topological polar surface area (TPSA) is 17.1 Å². The zero-order valence-corrected chi connectivity index (χ0v) is 13.7. The Kier molecular flexibility index (Phi) is 4.47. The van der Waals surface area contributed by atoms with E-state index in [1.54, 1.807) is 11.8 Å². The third kappa shape index (κ3) is 3.02. The van der Waals surface area contributed by atoms with Gasteiger partial charge in [0.15, 0.2) is 0 Å². The molecule has 0 saturated carbocycles. The summed E-state index contributed by atoms with van der Waals surface area (Å²) in [5.74, 6) is 0.0639. The molecule has 0 aliphatic heterocycles. The maximum absolute atomic E-state index is 12.2. The van der Waals surface area contributed by atoms with Crippen molar-refractivity contribution in [3.05, 3.63) is 49.0 Å². The van der Waals surface area contributed by atoms with E-state index in [0.29, 0.717) is 0 Å². The van der Waals surface area contributed by atoms with Crippen molar-refractivity contribution in [2.45, 2.75) is 4.90 Å². The first-order valence-corrected chi connectivity index (χ1v) is 8.38. The predicted octanol–water partition coefficient (Wildman–Crippen LogP) is 5.23. The largest absolute Gasteiger partial charge is 0.288 e. The van der Waals surface area contributed by atoms with Crippen molar-refractivity contribution in [1.29, 1.82) is 0 Å². The molecule has 17 heavy (non-hydrogen) atoms. The molecule has 1 aromatic carbocycles. The number of carbonyl (C=O) groups is 1. The number of hydrogen-bond acceptors (Lipinski definition) is 3. The fraction of sp³-hybridized carbons (Fsp3) is 0.0833. The Morgan fingerprint density at radius 3 is 2.35 bits per heavy atom. The molecule has 0 saturated heterocycles. The molecule has 0 fully saturated rings. The number of ketones is 1. The van der Waals surface area contributed by atoms with Gasteiger partial charge in [-0.15, -0.1) is 23.1 Å². The number of halogens is 2. The Morgan fingerprint density at radius 1 is 1.24 bits per heavy atom. The average molecular weight is 392 g/mol. The Morgan fingerprint density at radius 2 is 1.88 bits per heavy atom. The lowest BCUT2D eigenvalue weighted by atomic mass is 10.1. The van der Waals surface area contributed by atoms with Gasteiger partial charge in [-0.2, -0.15) is 0 Å². The maximum atomic E-state index is 12.2. The van der Waals surface area contributed by atoms with Gasteiger partial charge in [-0.25, -0.2) is 0 Å². The first-order valence-electron chi connectivity index (χ1n) is 4.75. The van der Waals surface area contributed by atoms with Gasteiger partial charge in [-0.3, -0.25) is 4.79 Å². The quantitative estimate of drug-likeness (QED) is 0.526. The molecule has 0 aliphatic carbocycles. The summed E-state index contributed by atoms with van der Waals surface area (Å²) in [7, 11) is 0. The van der Waals surface area contributed by atoms with Crippen molar-refractivity contribution in [2.24, 2.45) is 0 Å². The number of carbonyl (C=O) groups excluding carboxylic acids is 1. The summed E-state index contributed by atoms with van der Waals surface area (Å²) in [6.45, 7) is 0. The van der Waals surface area contributed by atoms with Crippen molar-refractivity contribution in [3.8, 4) is 0 Å². The molecule has 1 nitrogen and oxygen atoms in total. The van der Waals surface area contributed by atoms with Crippen LogP contribution in [0.5, 0.6) is 0 Å². The van der Waals surface area contributed by atoms with E-state index >= 15 is 0 Å². The molecule has 0 aliphatic rings. The molecule has 0 bridgehead atoms. The summed E-state index contributed by atoms with van der Waals surface area (Å²) in [6, 6.07) is 9.52. The normalized spacial score (nSPS) is 10.5. The molecule has 2 rings (SSSR count). The lowest BCUT2D eigenvalue weighted by molar-refractivity contribution is 0.104. The number of thioether (sulfide) groups is 1. The summed E-state index contributed by atoms with van der Waals surface area (Å²) in [6.07, 6.45) is 2.02. The van der Waals surface area contributed by atoms with Crippen LogP contribution in [-0.2, 0) is 0 Å². The lowest BCUT2D eigenvalue weighted by Crippen LogP contribution is -1.97. The molecule has 88 valence electrons. The summed E-state index contributed by atoms with van der Waals surface area (Å²) in [5.41, 5.74) is 0.726. The Labute approximate surface area is 125 Å². The van der Waals surface area contributed by atoms with Crippen LogP contribution in [0.15, 0.2) is 43.5 Å². The van der Waals surface area contributed by atoms with Crippen molar-refractivity contribution in [3.63, 3.8) is 0 Å². The number of rotatable bonds is 3. The van der Waals surface area contributed by atoms with Crippen molar-refractivity contribution >= 4 is 60.7 Å². The van der Waals surface area contributed by atoms with E-state index in [4.69, 9.17) is 0 Å². The molecular formula is C12H8Br2OS2. The second-order valence-electron chi connectivity index (χ2n) is 3.29. The second kappa shape index (κ2) is 5.69. The highest BCUT2D eigenvalue weighted by molar-refractivity contribution is 9.13. The van der Waals surface area contributed by atoms with Crippen LogP contribution in [-0.4, -0.2) is 12.0 Å². The first kappa shape index (κ1) is 13.3. The van der Waals surface area contributed by atoms with E-state index in [9.17, 15) is 4.79 Å². The van der Waals surface area contributed by atoms with Crippen LogP contribution >= 0.6 is 55.0 Å². The fourth-order valence-corrected chi connectivity index (χ4v) is 3.75. The van der Waals surface area contributed by atoms with Gasteiger partial charge in [0.2, 0.25) is 5.78 Å². The first-order chi connectivity index (χ1) is 8.11. The molecule has 1 heterocycles. The smallest absolute Gasteiger partial charge is 0.203 e. The molecular weight excluding hydrogens is 384 g/mol. The number of thiophene rings is 1. The summed E-state index contributed by atoms with van der Waals surface area (Å²) in [4.78, 5) is 14.1. The van der Waals surface area contributed by atoms with Crippen LogP contribution in [0.25, 0.3) is 0 Å². The van der Waals surface area contributed by atoms with E-state index in [1.807, 2.05) is 36.6 Å². The highest BCUT2D eigenvalue weighted by atomic mass is 79.9. The molecule has 1 aromatic heterocycles. The zero-order chi connectivity index (χ0) is 12.4. The predicted molar refractivity (Wildman–Crippen MR) is 81.4 cm³/mol. The van der Waals surface area contributed by atoms with Gasteiger partial charge >= 0.3 is 0 Å². The van der Waals surface area contributed by atoms with E-state index in [1.165, 1.54) is 11.3 Å². The third-order valence-corrected chi connectivity index (χ3v) is 6.22. The minimum atomic E-state index is 0.0639. The van der Waals surface area contributed by atoms with E-state index in [-0.39, 0.29) is 5.78 Å². The van der Waals surface area contributed by atoms with Gasteiger partial charge in [-0.1, -0.05) is 0 Å². The van der Waals surface area contributed by atoms with Crippen LogP contribution in [0.2, 0.25) is 0 Å². The van der Waals surface area contributed by atoms with Crippen LogP contribution in [0, 0.1) is 0 Å². The summed E-state index contributed by atoms with van der Waals surface area (Å²) < 4.78 is 1.87. The van der Waals surface area contributed by atoms with E-state index in [0.717, 1.165) is 23.6 Å². The second-order valence-corrected chi connectivity index (χ2v) is 7.39. The number of benzene rings is 1. The maximum Gasteiger partial charge on any atom is 0.203 e. The van der Waals surface area contributed by atoms with Crippen LogP contribution in [0.1, 0.15) is 15.2 Å². The van der Waals surface area contributed by atoms with Crippen LogP contribution in [0.4, 0.5) is 0 Å². The van der Waals surface area contributed by atoms with Crippen LogP contribution < -0.4 is 0 Å². The van der Waals surface area contributed by atoms with E-state index in [2.05, 4.69) is 31.9 Å². The SMILES string of the molecule is CSc1ccc(C(=O)c2cc(Br)c(Br)s2)cc1. The van der Waals surface area contributed by atoms with Gasteiger partial charge < -0.3 is 0 Å². The van der Waals surface area contributed by atoms with Gasteiger partial charge in [0.05, 0.1) is 8.66 Å². The Balaban J connectivity index is 2.30. The van der Waals surface area contributed by atoms with Crippen molar-refractivity contribution < 1.29 is 4.79 Å². The minimum absolute atomic E-state index is 0.0639. The summed E-state index contributed by atoms with van der Waals surface area (Å²) in [5, 5.41) is 0. The molecule has 0 unspecified atom stereocenters. The average Bonchev–Trinajstić information content (AvgIpc) is 2.69. The summed E-state index contributed by atoms with van der Waals surface area (Å²) >= 11 is 9.89. The molecule has 5 heteroatoms. The molecule has 0 N–H and O–H groups in total. The van der Waals surface area contributed by atoms with Gasteiger partial charge in [-0.05, 0) is 68.4 Å². The highest BCUT2D eigenvalue weighted by Gasteiger charge is 2.13. The van der Waals surface area contributed by atoms with Crippen molar-refractivity contribution in [2.75, 3.05) is 6.26 Å². The van der Waals surface area contributed by atoms with Crippen molar-refractivity contribution in [1.82, 2.24) is 0 Å². The monoisotopic (exact) mass is 390 g/mol. The lowest BCUT2D eigenvalue weighted by Gasteiger charge is -1.99.